The Bertz CT molecular complexity index is 2590. The van der Waals surface area contributed by atoms with Crippen LogP contribution in [-0.4, -0.2) is 94.7 Å². The third-order valence-corrected chi connectivity index (χ3v) is 13.5. The van der Waals surface area contributed by atoms with Gasteiger partial charge in [-0.1, -0.05) is 18.9 Å². The summed E-state index contributed by atoms with van der Waals surface area (Å²) in [7, 11) is 1.50. The number of pyridine rings is 1. The molecule has 12 nitrogen and oxygen atoms in total. The van der Waals surface area contributed by atoms with Gasteiger partial charge in [0.05, 0.1) is 28.7 Å². The average molecular weight is 825 g/mol. The zero-order chi connectivity index (χ0) is 41.3. The molecule has 3 aromatic heterocycles. The number of benzene rings is 2. The van der Waals surface area contributed by atoms with Gasteiger partial charge in [-0.05, 0) is 81.5 Å². The standard InChI is InChI=1S/C45H47F3N6O6/c1-4-8-35-36(60-44(55)59-35)22-53-27-12-14-34(53)33-10-6-9-32-38-41(50-43(51-42(38)54(33)21-27)57-23-45-15-7-16-52(45)20-26(46)19-45)39(48)40(49-32)30-18-28(58-24-56-3)17-25-11-13-31(47)29(5-2)37(25)30/h2,11,13,17-18,26-27,33-34H,4,6-10,12,14-16,19-24H2,1,3H3/t26-,27-,33-,34+,45+/m1/s1. The number of aromatic nitrogens is 3. The molecular weight excluding hydrogens is 778 g/mol. The molecule has 15 heteroatoms. The van der Waals surface area contributed by atoms with Crippen LogP contribution in [0.25, 0.3) is 32.9 Å². The topological polar surface area (TPSA) is 119 Å². The third-order valence-electron chi connectivity index (χ3n) is 13.5. The highest BCUT2D eigenvalue weighted by atomic mass is 19.1. The van der Waals surface area contributed by atoms with Gasteiger partial charge in [-0.3, -0.25) is 9.80 Å². The molecule has 0 radical (unpaired) electrons. The predicted octanol–water partition coefficient (Wildman–Crippen LogP) is 7.10. The van der Waals surface area contributed by atoms with Crippen molar-refractivity contribution in [3.63, 3.8) is 0 Å². The number of halogens is 3. The van der Waals surface area contributed by atoms with E-state index in [0.29, 0.717) is 83.8 Å². The normalized spacial score (nSPS) is 25.0. The maximum Gasteiger partial charge on any atom is 0.519 e. The Labute approximate surface area is 345 Å². The van der Waals surface area contributed by atoms with Crippen molar-refractivity contribution in [2.75, 3.05) is 45.0 Å². The van der Waals surface area contributed by atoms with Crippen LogP contribution in [-0.2, 0) is 24.1 Å². The number of hydrogen-bond acceptors (Lipinski definition) is 12. The molecule has 5 aliphatic rings. The van der Waals surface area contributed by atoms with Crippen LogP contribution in [0, 0.1) is 24.0 Å². The fraction of sp³-hybridized carbons (Fsp3) is 0.511. The number of anilines is 1. The summed E-state index contributed by atoms with van der Waals surface area (Å²) in [4.78, 5) is 34.1. The van der Waals surface area contributed by atoms with Crippen molar-refractivity contribution in [1.82, 2.24) is 24.8 Å². The quantitative estimate of drug-likeness (QED) is 0.0999. The molecule has 2 aromatic carbocycles. The summed E-state index contributed by atoms with van der Waals surface area (Å²) in [6.45, 7) is 4.32. The lowest BCUT2D eigenvalue weighted by Crippen LogP contribution is -2.60. The minimum atomic E-state index is -0.953. The zero-order valence-electron chi connectivity index (χ0n) is 33.8. The molecule has 0 N–H and O–H groups in total. The SMILES string of the molecule is C#Cc1c(F)ccc2cc(OCOC)cc(-c3nc4c5c(nc(OC[C@@]67CCCN6C[C@H](F)C7)nc5c3F)N3C[C@H]5CC[C@@H]([C@H]3CCC4)N5Cc3oc(=O)oc3CCC)c12. The van der Waals surface area contributed by atoms with E-state index in [-0.39, 0.29) is 59.9 Å². The van der Waals surface area contributed by atoms with Gasteiger partial charge in [0.15, 0.2) is 24.1 Å². The van der Waals surface area contributed by atoms with Gasteiger partial charge < -0.3 is 27.9 Å². The molecule has 4 fully saturated rings. The smallest absolute Gasteiger partial charge is 0.468 e. The number of piperazine rings is 1. The number of hydrogen-bond donors (Lipinski definition) is 0. The van der Waals surface area contributed by atoms with Crippen molar-refractivity contribution in [3.8, 4) is 35.4 Å². The molecule has 2 bridgehead atoms. The van der Waals surface area contributed by atoms with Crippen LogP contribution in [0.5, 0.6) is 11.8 Å². The molecule has 5 aromatic rings. The van der Waals surface area contributed by atoms with Crippen molar-refractivity contribution in [1.29, 1.82) is 0 Å². The second kappa shape index (κ2) is 15.4. The summed E-state index contributed by atoms with van der Waals surface area (Å²) in [5.74, 6) is 2.51. The minimum absolute atomic E-state index is 0.00101. The van der Waals surface area contributed by atoms with E-state index in [0.717, 1.165) is 51.5 Å². The van der Waals surface area contributed by atoms with Crippen LogP contribution in [0.15, 0.2) is 37.9 Å². The third kappa shape index (κ3) is 6.49. The van der Waals surface area contributed by atoms with E-state index in [4.69, 9.17) is 44.4 Å². The van der Waals surface area contributed by atoms with Crippen LogP contribution in [0.1, 0.15) is 81.1 Å². The Kier molecular flexibility index (Phi) is 10.00. The Hall–Kier alpha value is -5.17. The molecule has 0 spiro atoms. The molecule has 0 amide bonds. The van der Waals surface area contributed by atoms with E-state index in [9.17, 15) is 9.18 Å². The molecule has 60 heavy (non-hydrogen) atoms. The zero-order valence-corrected chi connectivity index (χ0v) is 33.8. The number of alkyl halides is 1. The molecule has 5 aliphatic heterocycles. The van der Waals surface area contributed by atoms with E-state index in [1.165, 1.54) is 13.2 Å². The largest absolute Gasteiger partial charge is 0.519 e. The summed E-state index contributed by atoms with van der Waals surface area (Å²) >= 11 is 0. The van der Waals surface area contributed by atoms with Crippen molar-refractivity contribution in [2.45, 2.75) is 108 Å². The Morgan fingerprint density at radius 2 is 1.88 bits per heavy atom. The average Bonchev–Trinajstić information content (AvgIpc) is 3.96. The number of rotatable bonds is 11. The number of nitrogens with zero attached hydrogens (tertiary/aromatic N) is 6. The van der Waals surface area contributed by atoms with Gasteiger partial charge >= 0.3 is 11.8 Å². The van der Waals surface area contributed by atoms with Crippen LogP contribution in [0.3, 0.4) is 0 Å². The van der Waals surface area contributed by atoms with Crippen LogP contribution < -0.4 is 20.2 Å². The van der Waals surface area contributed by atoms with E-state index in [1.54, 1.807) is 18.2 Å². The molecular formula is C45H47F3N6O6. The van der Waals surface area contributed by atoms with Crippen molar-refractivity contribution in [3.05, 3.63) is 69.3 Å². The van der Waals surface area contributed by atoms with E-state index >= 15 is 8.78 Å². The minimum Gasteiger partial charge on any atom is -0.468 e. The molecule has 0 saturated carbocycles. The summed E-state index contributed by atoms with van der Waals surface area (Å²) < 4.78 is 76.5. The lowest BCUT2D eigenvalue weighted by molar-refractivity contribution is 0.0512. The van der Waals surface area contributed by atoms with E-state index in [1.807, 2.05) is 6.92 Å². The molecule has 10 rings (SSSR count). The molecule has 8 heterocycles. The van der Waals surface area contributed by atoms with Crippen LogP contribution in [0.2, 0.25) is 0 Å². The molecule has 314 valence electrons. The highest BCUT2D eigenvalue weighted by Gasteiger charge is 2.50. The summed E-state index contributed by atoms with van der Waals surface area (Å²) in [6, 6.07) is 6.34. The van der Waals surface area contributed by atoms with Crippen LogP contribution in [0.4, 0.5) is 19.0 Å². The Morgan fingerprint density at radius 3 is 2.72 bits per heavy atom. The first-order valence-corrected chi connectivity index (χ1v) is 21.1. The fourth-order valence-corrected chi connectivity index (χ4v) is 10.9. The lowest BCUT2D eigenvalue weighted by Gasteiger charge is -2.48. The number of aryl methyl sites for hydroxylation is 2. The maximum absolute atomic E-state index is 17.8. The summed E-state index contributed by atoms with van der Waals surface area (Å²) in [5.41, 5.74) is 0.330. The van der Waals surface area contributed by atoms with Gasteiger partial charge in [-0.2, -0.15) is 9.97 Å². The number of ether oxygens (including phenoxy) is 3. The van der Waals surface area contributed by atoms with Crippen molar-refractivity contribution >= 4 is 27.5 Å². The Balaban J connectivity index is 1.12. The second-order valence-corrected chi connectivity index (χ2v) is 17.0. The lowest BCUT2D eigenvalue weighted by atomic mass is 9.92. The predicted molar refractivity (Wildman–Crippen MR) is 217 cm³/mol. The summed E-state index contributed by atoms with van der Waals surface area (Å²) in [6.07, 6.45) is 12.3. The second-order valence-electron chi connectivity index (χ2n) is 17.0. The fourth-order valence-electron chi connectivity index (χ4n) is 10.9. The Morgan fingerprint density at radius 1 is 1.02 bits per heavy atom. The van der Waals surface area contributed by atoms with Gasteiger partial charge in [-0.15, -0.1) is 6.42 Å². The molecule has 4 saturated heterocycles. The number of methoxy groups -OCH3 is 1. The van der Waals surface area contributed by atoms with Gasteiger partial charge in [0.2, 0.25) is 0 Å². The van der Waals surface area contributed by atoms with Gasteiger partial charge in [0.25, 0.3) is 0 Å². The molecule has 0 aliphatic carbocycles. The highest BCUT2D eigenvalue weighted by molar-refractivity contribution is 6.03. The molecule has 0 unspecified atom stereocenters. The maximum atomic E-state index is 17.8. The van der Waals surface area contributed by atoms with Gasteiger partial charge in [0.1, 0.15) is 41.4 Å². The van der Waals surface area contributed by atoms with Crippen molar-refractivity contribution in [2.24, 2.45) is 0 Å². The first-order valence-electron chi connectivity index (χ1n) is 21.1. The van der Waals surface area contributed by atoms with Crippen LogP contribution >= 0.6 is 0 Å². The van der Waals surface area contributed by atoms with E-state index in [2.05, 4.69) is 20.6 Å². The van der Waals surface area contributed by atoms with Crippen molar-refractivity contribution < 1.29 is 36.2 Å². The molecule has 5 atom stereocenters. The van der Waals surface area contributed by atoms with E-state index < -0.39 is 29.2 Å². The number of fused-ring (bicyclic) bond motifs is 7. The monoisotopic (exact) mass is 824 g/mol. The highest BCUT2D eigenvalue weighted by Crippen LogP contribution is 2.46. The summed E-state index contributed by atoms with van der Waals surface area (Å²) in [5, 5.41) is 1.36. The van der Waals surface area contributed by atoms with Gasteiger partial charge in [-0.25, -0.2) is 22.9 Å². The van der Waals surface area contributed by atoms with Gasteiger partial charge in [0, 0.05) is 62.1 Å². The first-order chi connectivity index (χ1) is 29.2. The number of terminal acetylenes is 1. The first kappa shape index (κ1) is 39.0.